The smallest absolute Gasteiger partial charge is 0.134 e. The maximum atomic E-state index is 5.96. The van der Waals surface area contributed by atoms with Crippen molar-refractivity contribution in [2.75, 3.05) is 6.61 Å². The Bertz CT molecular complexity index is 233. The lowest BCUT2D eigenvalue weighted by Crippen LogP contribution is -2.29. The summed E-state index contributed by atoms with van der Waals surface area (Å²) in [6.45, 7) is 4.85. The predicted molar refractivity (Wildman–Crippen MR) is 56.0 cm³/mol. The summed E-state index contributed by atoms with van der Waals surface area (Å²) in [5.41, 5.74) is 5.96. The van der Waals surface area contributed by atoms with E-state index < -0.39 is 0 Å². The first-order chi connectivity index (χ1) is 6.79. The van der Waals surface area contributed by atoms with Crippen LogP contribution in [0.1, 0.15) is 38.6 Å². The van der Waals surface area contributed by atoms with Crippen molar-refractivity contribution >= 4 is 0 Å². The topological polar surface area (TPSA) is 48.4 Å². The lowest BCUT2D eigenvalue weighted by molar-refractivity contribution is 0.0195. The summed E-state index contributed by atoms with van der Waals surface area (Å²) in [7, 11) is 0. The Labute approximate surface area is 85.2 Å². The molecular weight excluding hydrogens is 178 g/mol. The third-order valence-electron chi connectivity index (χ3n) is 2.19. The molecule has 0 aliphatic heterocycles. The average molecular weight is 197 g/mol. The van der Waals surface area contributed by atoms with E-state index in [1.165, 1.54) is 0 Å². The van der Waals surface area contributed by atoms with Crippen LogP contribution in [0.4, 0.5) is 0 Å². The summed E-state index contributed by atoms with van der Waals surface area (Å²) < 4.78 is 11.0. The molecule has 2 unspecified atom stereocenters. The van der Waals surface area contributed by atoms with Crippen molar-refractivity contribution in [3.63, 3.8) is 0 Å². The first-order valence-electron chi connectivity index (χ1n) is 5.20. The second-order valence-corrected chi connectivity index (χ2v) is 3.38. The van der Waals surface area contributed by atoms with Crippen LogP contribution in [0, 0.1) is 0 Å². The van der Waals surface area contributed by atoms with Crippen molar-refractivity contribution in [1.29, 1.82) is 0 Å². The minimum atomic E-state index is -0.102. The van der Waals surface area contributed by atoms with E-state index in [0.29, 0.717) is 0 Å². The highest BCUT2D eigenvalue weighted by molar-refractivity contribution is 5.04. The molecule has 3 heteroatoms. The third kappa shape index (κ3) is 2.86. The fourth-order valence-electron chi connectivity index (χ4n) is 1.33. The van der Waals surface area contributed by atoms with E-state index in [2.05, 4.69) is 13.8 Å². The van der Waals surface area contributed by atoms with Crippen LogP contribution in [-0.2, 0) is 4.74 Å². The molecule has 0 fully saturated rings. The highest BCUT2D eigenvalue weighted by atomic mass is 16.5. The maximum absolute atomic E-state index is 5.96. The van der Waals surface area contributed by atoms with Gasteiger partial charge in [-0.3, -0.25) is 0 Å². The lowest BCUT2D eigenvalue weighted by atomic mass is 10.1. The summed E-state index contributed by atoms with van der Waals surface area (Å²) in [6.07, 6.45) is 3.43. The Morgan fingerprint density at radius 3 is 2.79 bits per heavy atom. The Hall–Kier alpha value is -0.800. The molecular formula is C11H19NO2. The molecule has 1 heterocycles. The molecule has 0 saturated carbocycles. The van der Waals surface area contributed by atoms with Crippen molar-refractivity contribution in [3.8, 4) is 0 Å². The van der Waals surface area contributed by atoms with Crippen LogP contribution in [0.5, 0.6) is 0 Å². The van der Waals surface area contributed by atoms with Gasteiger partial charge >= 0.3 is 0 Å². The largest absolute Gasteiger partial charge is 0.467 e. The van der Waals surface area contributed by atoms with Gasteiger partial charge in [0.2, 0.25) is 0 Å². The Balaban J connectivity index is 2.62. The van der Waals surface area contributed by atoms with Crippen LogP contribution >= 0.6 is 0 Å². The van der Waals surface area contributed by atoms with Crippen LogP contribution in [-0.4, -0.2) is 12.6 Å². The molecule has 2 atom stereocenters. The number of rotatable bonds is 6. The van der Waals surface area contributed by atoms with E-state index in [0.717, 1.165) is 25.2 Å². The maximum Gasteiger partial charge on any atom is 0.134 e. The van der Waals surface area contributed by atoms with E-state index in [4.69, 9.17) is 14.9 Å². The fourth-order valence-corrected chi connectivity index (χ4v) is 1.33. The summed E-state index contributed by atoms with van der Waals surface area (Å²) in [5.74, 6) is 0.827. The second-order valence-electron chi connectivity index (χ2n) is 3.38. The van der Waals surface area contributed by atoms with Gasteiger partial charge in [0.1, 0.15) is 11.9 Å². The van der Waals surface area contributed by atoms with Gasteiger partial charge in [-0.2, -0.15) is 0 Å². The van der Waals surface area contributed by atoms with Crippen molar-refractivity contribution in [3.05, 3.63) is 24.2 Å². The highest BCUT2D eigenvalue weighted by Gasteiger charge is 2.21. The molecule has 14 heavy (non-hydrogen) atoms. The first-order valence-corrected chi connectivity index (χ1v) is 5.20. The zero-order chi connectivity index (χ0) is 10.4. The molecule has 0 radical (unpaired) electrons. The van der Waals surface area contributed by atoms with Gasteiger partial charge in [-0.25, -0.2) is 0 Å². The molecule has 0 spiro atoms. The minimum absolute atomic E-state index is 0.00713. The van der Waals surface area contributed by atoms with Gasteiger partial charge in [-0.1, -0.05) is 13.8 Å². The predicted octanol–water partition coefficient (Wildman–Crippen LogP) is 2.48. The molecule has 0 aromatic carbocycles. The zero-order valence-corrected chi connectivity index (χ0v) is 8.90. The minimum Gasteiger partial charge on any atom is -0.467 e. The van der Waals surface area contributed by atoms with Gasteiger partial charge in [0.25, 0.3) is 0 Å². The Morgan fingerprint density at radius 1 is 1.50 bits per heavy atom. The summed E-state index contributed by atoms with van der Waals surface area (Å²) in [5, 5.41) is 0. The molecule has 2 N–H and O–H groups in total. The van der Waals surface area contributed by atoms with Crippen molar-refractivity contribution in [2.45, 2.75) is 38.8 Å². The molecule has 1 rings (SSSR count). The van der Waals surface area contributed by atoms with Crippen molar-refractivity contribution in [2.24, 2.45) is 5.73 Å². The molecule has 80 valence electrons. The average Bonchev–Trinajstić information content (AvgIpc) is 2.71. The van der Waals surface area contributed by atoms with E-state index in [9.17, 15) is 0 Å². The summed E-state index contributed by atoms with van der Waals surface area (Å²) in [4.78, 5) is 0. The highest BCUT2D eigenvalue weighted by Crippen LogP contribution is 2.22. The summed E-state index contributed by atoms with van der Waals surface area (Å²) in [6, 6.07) is 3.78. The number of hydrogen-bond acceptors (Lipinski definition) is 3. The monoisotopic (exact) mass is 197 g/mol. The van der Waals surface area contributed by atoms with Crippen molar-refractivity contribution < 1.29 is 9.15 Å². The molecule has 0 saturated heterocycles. The normalized spacial score (nSPS) is 15.4. The number of ether oxygens (including phenoxy) is 1. The number of nitrogens with two attached hydrogens (primary N) is 1. The Morgan fingerprint density at radius 2 is 2.29 bits per heavy atom. The van der Waals surface area contributed by atoms with Gasteiger partial charge in [-0.05, 0) is 25.0 Å². The van der Waals surface area contributed by atoms with Crippen LogP contribution in [0.2, 0.25) is 0 Å². The molecule has 1 aromatic rings. The van der Waals surface area contributed by atoms with Crippen LogP contribution in [0.25, 0.3) is 0 Å². The van der Waals surface area contributed by atoms with E-state index in [1.54, 1.807) is 6.26 Å². The summed E-state index contributed by atoms with van der Waals surface area (Å²) >= 11 is 0. The lowest BCUT2D eigenvalue weighted by Gasteiger charge is -2.21. The molecule has 0 bridgehead atoms. The van der Waals surface area contributed by atoms with Crippen LogP contribution < -0.4 is 5.73 Å². The van der Waals surface area contributed by atoms with E-state index in [-0.39, 0.29) is 12.1 Å². The molecule has 0 amide bonds. The zero-order valence-electron chi connectivity index (χ0n) is 8.90. The van der Waals surface area contributed by atoms with Crippen LogP contribution in [0.15, 0.2) is 22.8 Å². The fraction of sp³-hybridized carbons (Fsp3) is 0.636. The van der Waals surface area contributed by atoms with E-state index in [1.807, 2.05) is 12.1 Å². The van der Waals surface area contributed by atoms with Crippen LogP contribution in [0.3, 0.4) is 0 Å². The van der Waals surface area contributed by atoms with Gasteiger partial charge in [0.15, 0.2) is 0 Å². The SMILES string of the molecule is CCCOC(c1ccco1)C(N)CC. The standard InChI is InChI=1S/C11H19NO2/c1-3-7-14-11(9(12)4-2)10-6-5-8-13-10/h5-6,8-9,11H,3-4,7,12H2,1-2H3. The second kappa shape index (κ2) is 5.83. The molecule has 0 aliphatic carbocycles. The number of hydrogen-bond donors (Lipinski definition) is 1. The van der Waals surface area contributed by atoms with Gasteiger partial charge in [0.05, 0.1) is 6.26 Å². The first kappa shape index (κ1) is 11.3. The van der Waals surface area contributed by atoms with Gasteiger partial charge in [-0.15, -0.1) is 0 Å². The van der Waals surface area contributed by atoms with Gasteiger partial charge < -0.3 is 14.9 Å². The van der Waals surface area contributed by atoms with Gasteiger partial charge in [0, 0.05) is 12.6 Å². The Kier molecular flexibility index (Phi) is 4.70. The van der Waals surface area contributed by atoms with Crippen molar-refractivity contribution in [1.82, 2.24) is 0 Å². The molecule has 1 aromatic heterocycles. The van der Waals surface area contributed by atoms with E-state index >= 15 is 0 Å². The molecule has 0 aliphatic rings. The molecule has 3 nitrogen and oxygen atoms in total. The number of furan rings is 1. The quantitative estimate of drug-likeness (QED) is 0.762. The third-order valence-corrected chi connectivity index (χ3v) is 2.19.